The Morgan fingerprint density at radius 1 is 1.50 bits per heavy atom. The Kier molecular flexibility index (Phi) is 4.75. The number of thiophene rings is 1. The Bertz CT molecular complexity index is 419. The first-order chi connectivity index (χ1) is 7.06. The molecule has 2 rings (SSSR count). The lowest BCUT2D eigenvalue weighted by Crippen LogP contribution is -2.26. The van der Waals surface area contributed by atoms with E-state index >= 15 is 0 Å². The molecule has 0 bridgehead atoms. The van der Waals surface area contributed by atoms with Gasteiger partial charge in [0.05, 0.1) is 5.75 Å². The highest BCUT2D eigenvalue weighted by Gasteiger charge is 2.31. The van der Waals surface area contributed by atoms with Crippen molar-refractivity contribution in [3.63, 3.8) is 0 Å². The summed E-state index contributed by atoms with van der Waals surface area (Å²) in [5, 5.41) is 12.4. The van der Waals surface area contributed by atoms with Gasteiger partial charge in [0.15, 0.2) is 0 Å². The fourth-order valence-corrected chi connectivity index (χ4v) is 3.75. The van der Waals surface area contributed by atoms with Crippen LogP contribution in [0.3, 0.4) is 0 Å². The number of hydrogen-bond donors (Lipinski definition) is 2. The van der Waals surface area contributed by atoms with Gasteiger partial charge in [-0.15, -0.1) is 12.4 Å². The van der Waals surface area contributed by atoms with E-state index in [1.165, 1.54) is 5.56 Å². The summed E-state index contributed by atoms with van der Waals surface area (Å²) in [5.74, 6) is 0.463. The van der Waals surface area contributed by atoms with Gasteiger partial charge < -0.3 is 5.32 Å². The van der Waals surface area contributed by atoms with Crippen LogP contribution in [-0.2, 0) is 10.0 Å². The third-order valence-electron chi connectivity index (χ3n) is 2.76. The molecular weight excluding hydrogens is 268 g/mol. The van der Waals surface area contributed by atoms with E-state index in [1.54, 1.807) is 11.3 Å². The fourth-order valence-electron chi connectivity index (χ4n) is 2.08. The number of sulfonamides is 1. The standard InChI is InChI=1S/C9H14N2O2S2.ClH/c10-15(12,13)6-8-3-11-4-9(8)7-1-2-14-5-7;/h1-2,5,8-9,11H,3-4,6H2,(H2,10,12,13);1H. The lowest BCUT2D eigenvalue weighted by Gasteiger charge is -2.15. The Labute approximate surface area is 106 Å². The van der Waals surface area contributed by atoms with Gasteiger partial charge in [0.25, 0.3) is 0 Å². The summed E-state index contributed by atoms with van der Waals surface area (Å²) in [4.78, 5) is 0. The zero-order chi connectivity index (χ0) is 10.9. The Morgan fingerprint density at radius 2 is 2.25 bits per heavy atom. The molecule has 0 radical (unpaired) electrons. The second-order valence-electron chi connectivity index (χ2n) is 3.91. The number of hydrogen-bond acceptors (Lipinski definition) is 4. The summed E-state index contributed by atoms with van der Waals surface area (Å²) in [7, 11) is -3.37. The molecule has 1 aromatic rings. The summed E-state index contributed by atoms with van der Waals surface area (Å²) < 4.78 is 22.1. The van der Waals surface area contributed by atoms with Gasteiger partial charge in [-0.1, -0.05) is 0 Å². The molecule has 1 aromatic heterocycles. The number of halogens is 1. The molecule has 2 atom stereocenters. The SMILES string of the molecule is Cl.NS(=O)(=O)CC1CNCC1c1ccsc1. The molecule has 4 nitrogen and oxygen atoms in total. The van der Waals surface area contributed by atoms with E-state index < -0.39 is 10.0 Å². The smallest absolute Gasteiger partial charge is 0.209 e. The van der Waals surface area contributed by atoms with E-state index in [2.05, 4.69) is 16.8 Å². The lowest BCUT2D eigenvalue weighted by molar-refractivity contribution is 0.543. The molecule has 1 aliphatic rings. The van der Waals surface area contributed by atoms with Crippen molar-refractivity contribution in [3.05, 3.63) is 22.4 Å². The molecule has 1 aliphatic heterocycles. The van der Waals surface area contributed by atoms with Gasteiger partial charge in [0, 0.05) is 12.5 Å². The predicted molar refractivity (Wildman–Crippen MR) is 68.6 cm³/mol. The molecule has 0 aliphatic carbocycles. The second-order valence-corrected chi connectivity index (χ2v) is 6.35. The topological polar surface area (TPSA) is 72.2 Å². The molecule has 0 aromatic carbocycles. The largest absolute Gasteiger partial charge is 0.316 e. The highest BCUT2D eigenvalue weighted by molar-refractivity contribution is 7.89. The van der Waals surface area contributed by atoms with Gasteiger partial charge in [0.2, 0.25) is 10.0 Å². The molecule has 2 unspecified atom stereocenters. The predicted octanol–water partition coefficient (Wildman–Crippen LogP) is 0.761. The van der Waals surface area contributed by atoms with Crippen molar-refractivity contribution in [2.24, 2.45) is 11.1 Å². The summed E-state index contributed by atoms with van der Waals surface area (Å²) >= 11 is 1.64. The van der Waals surface area contributed by atoms with Crippen LogP contribution < -0.4 is 10.5 Å². The van der Waals surface area contributed by atoms with E-state index in [1.807, 2.05) is 5.38 Å². The minimum absolute atomic E-state index is 0. The van der Waals surface area contributed by atoms with Crippen LogP contribution in [0.4, 0.5) is 0 Å². The first-order valence-electron chi connectivity index (χ1n) is 4.79. The van der Waals surface area contributed by atoms with Crippen LogP contribution in [0.1, 0.15) is 11.5 Å². The molecule has 1 fully saturated rings. The zero-order valence-corrected chi connectivity index (χ0v) is 11.1. The summed E-state index contributed by atoms with van der Waals surface area (Å²) in [6, 6.07) is 2.05. The number of nitrogens with one attached hydrogen (secondary N) is 1. The summed E-state index contributed by atoms with van der Waals surface area (Å²) in [5.41, 5.74) is 1.22. The highest BCUT2D eigenvalue weighted by atomic mass is 35.5. The third-order valence-corrected chi connectivity index (χ3v) is 4.35. The fraction of sp³-hybridized carbons (Fsp3) is 0.556. The van der Waals surface area contributed by atoms with Crippen molar-refractivity contribution in [3.8, 4) is 0 Å². The van der Waals surface area contributed by atoms with Crippen LogP contribution in [0.15, 0.2) is 16.8 Å². The molecular formula is C9H15ClN2O2S2. The van der Waals surface area contributed by atoms with E-state index in [9.17, 15) is 8.42 Å². The average Bonchev–Trinajstić information content (AvgIpc) is 2.68. The third kappa shape index (κ3) is 3.43. The monoisotopic (exact) mass is 282 g/mol. The Morgan fingerprint density at radius 3 is 2.81 bits per heavy atom. The van der Waals surface area contributed by atoms with Crippen LogP contribution in [0.25, 0.3) is 0 Å². The van der Waals surface area contributed by atoms with Crippen molar-refractivity contribution in [2.75, 3.05) is 18.8 Å². The van der Waals surface area contributed by atoms with Crippen LogP contribution in [0.2, 0.25) is 0 Å². The zero-order valence-electron chi connectivity index (χ0n) is 8.63. The molecule has 0 saturated carbocycles. The highest BCUT2D eigenvalue weighted by Crippen LogP contribution is 2.30. The minimum atomic E-state index is -3.37. The van der Waals surface area contributed by atoms with Crippen molar-refractivity contribution in [2.45, 2.75) is 5.92 Å². The molecule has 3 N–H and O–H groups in total. The quantitative estimate of drug-likeness (QED) is 0.860. The molecule has 7 heteroatoms. The molecule has 0 spiro atoms. The first kappa shape index (κ1) is 13.9. The average molecular weight is 283 g/mol. The summed E-state index contributed by atoms with van der Waals surface area (Å²) in [6.07, 6.45) is 0. The van der Waals surface area contributed by atoms with Crippen molar-refractivity contribution in [1.82, 2.24) is 5.32 Å². The van der Waals surface area contributed by atoms with E-state index in [0.717, 1.165) is 13.1 Å². The summed E-state index contributed by atoms with van der Waals surface area (Å²) in [6.45, 7) is 1.58. The maximum atomic E-state index is 11.1. The van der Waals surface area contributed by atoms with Crippen LogP contribution in [0.5, 0.6) is 0 Å². The van der Waals surface area contributed by atoms with Gasteiger partial charge in [-0.3, -0.25) is 0 Å². The molecule has 92 valence electrons. The van der Waals surface area contributed by atoms with E-state index in [0.29, 0.717) is 0 Å². The molecule has 16 heavy (non-hydrogen) atoms. The number of rotatable bonds is 3. The first-order valence-corrected chi connectivity index (χ1v) is 7.45. The van der Waals surface area contributed by atoms with Gasteiger partial charge in [-0.05, 0) is 34.9 Å². The van der Waals surface area contributed by atoms with E-state index in [-0.39, 0.29) is 30.0 Å². The maximum Gasteiger partial charge on any atom is 0.209 e. The molecule has 2 heterocycles. The minimum Gasteiger partial charge on any atom is -0.316 e. The Balaban J connectivity index is 0.00000128. The van der Waals surface area contributed by atoms with Gasteiger partial charge in [0.1, 0.15) is 0 Å². The van der Waals surface area contributed by atoms with Gasteiger partial charge >= 0.3 is 0 Å². The van der Waals surface area contributed by atoms with Gasteiger partial charge in [-0.25, -0.2) is 13.6 Å². The Hall–Kier alpha value is -0.140. The van der Waals surface area contributed by atoms with Crippen LogP contribution >= 0.6 is 23.7 Å². The number of nitrogens with two attached hydrogens (primary N) is 1. The van der Waals surface area contributed by atoms with E-state index in [4.69, 9.17) is 5.14 Å². The van der Waals surface area contributed by atoms with Crippen molar-refractivity contribution in [1.29, 1.82) is 0 Å². The lowest BCUT2D eigenvalue weighted by atomic mass is 9.92. The van der Waals surface area contributed by atoms with Crippen LogP contribution in [0, 0.1) is 5.92 Å². The maximum absolute atomic E-state index is 11.1. The second kappa shape index (κ2) is 5.46. The van der Waals surface area contributed by atoms with Gasteiger partial charge in [-0.2, -0.15) is 11.3 Å². The normalized spacial score (nSPS) is 25.3. The molecule has 1 saturated heterocycles. The number of primary sulfonamides is 1. The van der Waals surface area contributed by atoms with Crippen LogP contribution in [-0.4, -0.2) is 27.3 Å². The van der Waals surface area contributed by atoms with Crippen molar-refractivity contribution >= 4 is 33.8 Å². The van der Waals surface area contributed by atoms with Crippen molar-refractivity contribution < 1.29 is 8.42 Å². The molecule has 0 amide bonds.